The summed E-state index contributed by atoms with van der Waals surface area (Å²) in [7, 11) is 0. The number of esters is 1. The van der Waals surface area contributed by atoms with Crippen molar-refractivity contribution < 1.29 is 24.2 Å². The molecular weight excluding hydrogens is 382 g/mol. The Morgan fingerprint density at radius 3 is 2.47 bits per heavy atom. The number of nitrogens with zero attached hydrogens (tertiary/aromatic N) is 1. The number of aromatic nitrogens is 1. The monoisotopic (exact) mass is 403 g/mol. The lowest BCUT2D eigenvalue weighted by molar-refractivity contribution is 0.0284. The first kappa shape index (κ1) is 19.8. The summed E-state index contributed by atoms with van der Waals surface area (Å²) in [6, 6.07) is 13.0. The molecule has 1 N–H and O–H groups in total. The van der Waals surface area contributed by atoms with E-state index < -0.39 is 23.5 Å². The Kier molecular flexibility index (Phi) is 5.08. The number of carbonyl (C=O) groups is 3. The second kappa shape index (κ2) is 7.71. The van der Waals surface area contributed by atoms with E-state index in [0.717, 1.165) is 0 Å². The van der Waals surface area contributed by atoms with Crippen molar-refractivity contribution in [1.82, 2.24) is 4.98 Å². The highest BCUT2D eigenvalue weighted by molar-refractivity contribution is 6.30. The molecule has 0 saturated heterocycles. The van der Waals surface area contributed by atoms with Gasteiger partial charge in [-0.05, 0) is 43.2 Å². The standard InChI is InChI=1S/C24H21NO5/c1-3-15(4-2)30-24(29)14-9-10-16-17(11-14)23(28)20(22(16)27)21-19(26)12-13-7-5-6-8-18(13)25-21/h5-12,15,20,26H,3-4H2,1-2H3. The van der Waals surface area contributed by atoms with Gasteiger partial charge in [-0.25, -0.2) is 9.78 Å². The van der Waals surface area contributed by atoms with Crippen LogP contribution >= 0.6 is 0 Å². The lowest BCUT2D eigenvalue weighted by Crippen LogP contribution is -2.17. The van der Waals surface area contributed by atoms with Crippen LogP contribution in [0, 0.1) is 0 Å². The molecule has 30 heavy (non-hydrogen) atoms. The molecule has 152 valence electrons. The van der Waals surface area contributed by atoms with Gasteiger partial charge in [0.15, 0.2) is 11.6 Å². The van der Waals surface area contributed by atoms with Gasteiger partial charge in [0.25, 0.3) is 0 Å². The maximum atomic E-state index is 13.1. The van der Waals surface area contributed by atoms with Crippen LogP contribution in [0.25, 0.3) is 10.9 Å². The van der Waals surface area contributed by atoms with Gasteiger partial charge in [-0.2, -0.15) is 0 Å². The third-order valence-corrected chi connectivity index (χ3v) is 5.50. The predicted octanol–water partition coefficient (Wildman–Crippen LogP) is 4.45. The molecule has 6 heteroatoms. The summed E-state index contributed by atoms with van der Waals surface area (Å²) >= 11 is 0. The zero-order chi connectivity index (χ0) is 21.4. The normalized spacial score (nSPS) is 15.6. The third-order valence-electron chi connectivity index (χ3n) is 5.50. The van der Waals surface area contributed by atoms with Gasteiger partial charge in [-0.3, -0.25) is 9.59 Å². The average Bonchev–Trinajstić information content (AvgIpc) is 3.01. The van der Waals surface area contributed by atoms with E-state index in [9.17, 15) is 19.5 Å². The van der Waals surface area contributed by atoms with E-state index in [2.05, 4.69) is 4.98 Å². The molecule has 0 amide bonds. The maximum Gasteiger partial charge on any atom is 0.338 e. The van der Waals surface area contributed by atoms with E-state index in [1.165, 1.54) is 24.3 Å². The van der Waals surface area contributed by atoms with Crippen molar-refractivity contribution in [2.45, 2.75) is 38.7 Å². The van der Waals surface area contributed by atoms with Crippen LogP contribution in [-0.4, -0.2) is 33.7 Å². The molecule has 0 spiro atoms. The summed E-state index contributed by atoms with van der Waals surface area (Å²) in [4.78, 5) is 42.9. The highest BCUT2D eigenvalue weighted by Crippen LogP contribution is 2.38. The average molecular weight is 403 g/mol. The van der Waals surface area contributed by atoms with Crippen LogP contribution in [-0.2, 0) is 4.74 Å². The minimum atomic E-state index is -1.23. The van der Waals surface area contributed by atoms with Gasteiger partial charge < -0.3 is 9.84 Å². The first-order valence-corrected chi connectivity index (χ1v) is 9.96. The van der Waals surface area contributed by atoms with Crippen LogP contribution in [0.1, 0.15) is 69.4 Å². The van der Waals surface area contributed by atoms with E-state index in [4.69, 9.17) is 4.74 Å². The van der Waals surface area contributed by atoms with E-state index >= 15 is 0 Å². The minimum absolute atomic E-state index is 0.0288. The van der Waals surface area contributed by atoms with Crippen LogP contribution in [0.2, 0.25) is 0 Å². The van der Waals surface area contributed by atoms with Crippen LogP contribution in [0.4, 0.5) is 0 Å². The van der Waals surface area contributed by atoms with Crippen LogP contribution < -0.4 is 0 Å². The number of hydrogen-bond donors (Lipinski definition) is 1. The number of carbonyl (C=O) groups excluding carboxylic acids is 3. The number of ketones is 2. The van der Waals surface area contributed by atoms with Gasteiger partial charge in [0.2, 0.25) is 0 Å². The summed E-state index contributed by atoms with van der Waals surface area (Å²) in [6.45, 7) is 3.86. The van der Waals surface area contributed by atoms with Crippen LogP contribution in [0.3, 0.4) is 0 Å². The Morgan fingerprint density at radius 2 is 1.73 bits per heavy atom. The van der Waals surface area contributed by atoms with Crippen molar-refractivity contribution in [3.05, 3.63) is 70.9 Å². The first-order chi connectivity index (χ1) is 14.4. The largest absolute Gasteiger partial charge is 0.506 e. The zero-order valence-corrected chi connectivity index (χ0v) is 16.7. The number of Topliss-reactive ketones (excluding diaryl/α,β-unsaturated/α-hetero) is 2. The fourth-order valence-electron chi connectivity index (χ4n) is 3.78. The molecule has 1 atom stereocenters. The maximum absolute atomic E-state index is 13.1. The van der Waals surface area contributed by atoms with E-state index in [-0.39, 0.29) is 34.2 Å². The van der Waals surface area contributed by atoms with Gasteiger partial charge in [0, 0.05) is 16.5 Å². The van der Waals surface area contributed by atoms with Gasteiger partial charge in [-0.15, -0.1) is 0 Å². The molecule has 0 radical (unpaired) electrons. The number of ether oxygens (including phenoxy) is 1. The van der Waals surface area contributed by atoms with E-state index in [1.54, 1.807) is 18.2 Å². The molecule has 3 aromatic rings. The lowest BCUT2D eigenvalue weighted by Gasteiger charge is -2.14. The molecule has 1 aromatic heterocycles. The Bertz CT molecular complexity index is 1180. The van der Waals surface area contributed by atoms with Crippen molar-refractivity contribution in [2.75, 3.05) is 0 Å². The molecule has 0 saturated carbocycles. The number of rotatable bonds is 5. The van der Waals surface area contributed by atoms with Crippen LogP contribution in [0.5, 0.6) is 5.75 Å². The summed E-state index contributed by atoms with van der Waals surface area (Å²) < 4.78 is 5.45. The zero-order valence-electron chi connectivity index (χ0n) is 16.7. The topological polar surface area (TPSA) is 93.6 Å². The smallest absolute Gasteiger partial charge is 0.338 e. The molecule has 4 rings (SSSR count). The van der Waals surface area contributed by atoms with Gasteiger partial charge >= 0.3 is 5.97 Å². The number of para-hydroxylation sites is 1. The summed E-state index contributed by atoms with van der Waals surface area (Å²) in [6.07, 6.45) is 1.19. The number of benzene rings is 2. The van der Waals surface area contributed by atoms with Gasteiger partial charge in [-0.1, -0.05) is 32.0 Å². The minimum Gasteiger partial charge on any atom is -0.506 e. The summed E-state index contributed by atoms with van der Waals surface area (Å²) in [5.41, 5.74) is 1.20. The Morgan fingerprint density at radius 1 is 1.03 bits per heavy atom. The highest BCUT2D eigenvalue weighted by atomic mass is 16.5. The van der Waals surface area contributed by atoms with E-state index in [0.29, 0.717) is 23.7 Å². The number of hydrogen-bond acceptors (Lipinski definition) is 6. The molecule has 1 aliphatic carbocycles. The fourth-order valence-corrected chi connectivity index (χ4v) is 3.78. The Hall–Kier alpha value is -3.54. The molecule has 2 aromatic carbocycles. The van der Waals surface area contributed by atoms with Crippen molar-refractivity contribution >= 4 is 28.4 Å². The SMILES string of the molecule is CCC(CC)OC(=O)c1ccc2c(c1)C(=O)C(c1nc3ccccc3cc1O)C2=O. The molecule has 0 fully saturated rings. The van der Waals surface area contributed by atoms with Gasteiger partial charge in [0.05, 0.1) is 11.1 Å². The molecule has 0 bridgehead atoms. The van der Waals surface area contributed by atoms with Crippen molar-refractivity contribution in [1.29, 1.82) is 0 Å². The van der Waals surface area contributed by atoms with Crippen molar-refractivity contribution in [3.8, 4) is 5.75 Å². The van der Waals surface area contributed by atoms with Gasteiger partial charge in [0.1, 0.15) is 23.5 Å². The molecule has 1 aliphatic rings. The molecular formula is C24H21NO5. The molecule has 0 aliphatic heterocycles. The number of fused-ring (bicyclic) bond motifs is 2. The fraction of sp³-hybridized carbons (Fsp3) is 0.250. The molecule has 6 nitrogen and oxygen atoms in total. The second-order valence-electron chi connectivity index (χ2n) is 7.35. The molecule has 1 unspecified atom stereocenters. The predicted molar refractivity (Wildman–Crippen MR) is 111 cm³/mol. The highest BCUT2D eigenvalue weighted by Gasteiger charge is 2.42. The number of aromatic hydroxyl groups is 1. The summed E-state index contributed by atoms with van der Waals surface area (Å²) in [5.74, 6) is -2.88. The quantitative estimate of drug-likeness (QED) is 0.500. The number of pyridine rings is 1. The molecule has 1 heterocycles. The summed E-state index contributed by atoms with van der Waals surface area (Å²) in [5, 5.41) is 11.1. The van der Waals surface area contributed by atoms with Crippen molar-refractivity contribution in [2.24, 2.45) is 0 Å². The third kappa shape index (κ3) is 3.24. The Labute approximate surface area is 173 Å². The Balaban J connectivity index is 1.70. The van der Waals surface area contributed by atoms with Crippen LogP contribution in [0.15, 0.2) is 48.5 Å². The second-order valence-corrected chi connectivity index (χ2v) is 7.35. The van der Waals surface area contributed by atoms with E-state index in [1.807, 2.05) is 19.9 Å². The lowest BCUT2D eigenvalue weighted by atomic mass is 9.97. The van der Waals surface area contributed by atoms with Crippen molar-refractivity contribution in [3.63, 3.8) is 0 Å². The first-order valence-electron chi connectivity index (χ1n) is 9.96.